The summed E-state index contributed by atoms with van der Waals surface area (Å²) in [5, 5.41) is 15.1. The summed E-state index contributed by atoms with van der Waals surface area (Å²) in [6.45, 7) is 9.23. The molecule has 0 aliphatic heterocycles. The maximum Gasteiger partial charge on any atom is 0.317 e. The van der Waals surface area contributed by atoms with Crippen LogP contribution in [-0.2, 0) is 22.6 Å². The predicted octanol–water partition coefficient (Wildman–Crippen LogP) is 3.07. The third kappa shape index (κ3) is 8.86. The number of nitrogens with two attached hydrogens (primary N) is 1. The molecule has 214 valence electrons. The first kappa shape index (κ1) is 30.2. The number of ketones is 1. The van der Waals surface area contributed by atoms with Crippen LogP contribution in [0.15, 0.2) is 36.4 Å². The van der Waals surface area contributed by atoms with Gasteiger partial charge in [-0.15, -0.1) is 5.10 Å². The average molecular weight is 542 g/mol. The van der Waals surface area contributed by atoms with E-state index in [9.17, 15) is 9.59 Å². The maximum absolute atomic E-state index is 13.0. The van der Waals surface area contributed by atoms with Crippen molar-refractivity contribution in [1.29, 1.82) is 0 Å². The lowest BCUT2D eigenvalue weighted by molar-refractivity contribution is -0.119. The summed E-state index contributed by atoms with van der Waals surface area (Å²) in [4.78, 5) is 26.5. The van der Waals surface area contributed by atoms with Crippen LogP contribution in [0.3, 0.4) is 0 Å². The highest BCUT2D eigenvalue weighted by Gasteiger charge is 2.33. The van der Waals surface area contributed by atoms with E-state index in [-0.39, 0.29) is 25.0 Å². The molecule has 1 heterocycles. The zero-order chi connectivity index (χ0) is 28.4. The fourth-order valence-corrected chi connectivity index (χ4v) is 4.59. The number of ether oxygens (including phenoxy) is 2. The number of urea groups is 1. The first-order valence-corrected chi connectivity index (χ1v) is 13.6. The van der Waals surface area contributed by atoms with E-state index < -0.39 is 11.5 Å². The smallest absolute Gasteiger partial charge is 0.317 e. The molecule has 3 rings (SSSR count). The number of hydrogen-bond donors (Lipinski definition) is 2. The molecule has 2 aromatic rings. The molecule has 11 heteroatoms. The van der Waals surface area contributed by atoms with Gasteiger partial charge < -0.3 is 25.4 Å². The van der Waals surface area contributed by atoms with Gasteiger partial charge in [0.25, 0.3) is 0 Å². The lowest BCUT2D eigenvalue weighted by Crippen LogP contribution is -2.43. The highest BCUT2D eigenvalue weighted by Crippen LogP contribution is 2.28. The number of para-hydroxylation sites is 1. The largest absolute Gasteiger partial charge is 0.491 e. The summed E-state index contributed by atoms with van der Waals surface area (Å²) in [5.41, 5.74) is 6.21. The normalized spacial score (nSPS) is 15.0. The monoisotopic (exact) mass is 541 g/mol. The standard InChI is InChI=1S/C28H43N7O4/c1-20(25(36)28(2,3)29)23(19-38-18-21-11-7-6-8-12-21)26-31-32-33-35(26)15-16-39-24-14-10-9-13-22(24)17-30-27(37)34(4)5/h9-10,13-14,21,23H,1,6-8,11-12,15-19,29H2,2-5H3,(H,30,37)/t23-/m0/s1. The van der Waals surface area contributed by atoms with E-state index in [1.165, 1.54) is 24.2 Å². The molecule has 39 heavy (non-hydrogen) atoms. The summed E-state index contributed by atoms with van der Waals surface area (Å²) < 4.78 is 13.8. The average Bonchev–Trinajstić information content (AvgIpc) is 3.37. The van der Waals surface area contributed by atoms with Crippen LogP contribution in [0.2, 0.25) is 0 Å². The minimum Gasteiger partial charge on any atom is -0.491 e. The second-order valence-electron chi connectivity index (χ2n) is 10.9. The number of rotatable bonds is 14. The molecule has 1 aromatic heterocycles. The van der Waals surface area contributed by atoms with E-state index in [2.05, 4.69) is 27.4 Å². The van der Waals surface area contributed by atoms with Crippen LogP contribution in [0.25, 0.3) is 0 Å². The van der Waals surface area contributed by atoms with Gasteiger partial charge >= 0.3 is 6.03 Å². The number of tetrazole rings is 1. The Morgan fingerprint density at radius 1 is 1.23 bits per heavy atom. The third-order valence-electron chi connectivity index (χ3n) is 6.90. The minimum absolute atomic E-state index is 0.185. The van der Waals surface area contributed by atoms with Crippen molar-refractivity contribution in [2.75, 3.05) is 33.9 Å². The van der Waals surface area contributed by atoms with Gasteiger partial charge in [0.2, 0.25) is 0 Å². The molecule has 1 atom stereocenters. The van der Waals surface area contributed by atoms with Crippen molar-refractivity contribution in [2.24, 2.45) is 11.7 Å². The lowest BCUT2D eigenvalue weighted by atomic mass is 9.87. The molecule has 1 aliphatic rings. The molecule has 0 saturated heterocycles. The summed E-state index contributed by atoms with van der Waals surface area (Å²) in [5.74, 6) is 0.876. The number of benzene rings is 1. The highest BCUT2D eigenvalue weighted by molar-refractivity contribution is 6.02. The Kier molecular flexibility index (Phi) is 11.0. The van der Waals surface area contributed by atoms with Crippen LogP contribution in [0.5, 0.6) is 5.75 Å². The Morgan fingerprint density at radius 2 is 1.95 bits per heavy atom. The van der Waals surface area contributed by atoms with E-state index in [0.717, 1.165) is 18.4 Å². The van der Waals surface area contributed by atoms with Crippen molar-refractivity contribution >= 4 is 11.8 Å². The number of aromatic nitrogens is 4. The van der Waals surface area contributed by atoms with Gasteiger partial charge in [0.05, 0.1) is 24.6 Å². The van der Waals surface area contributed by atoms with E-state index in [0.29, 0.717) is 42.8 Å². The van der Waals surface area contributed by atoms with E-state index in [1.807, 2.05) is 24.3 Å². The van der Waals surface area contributed by atoms with Gasteiger partial charge in [-0.25, -0.2) is 9.48 Å². The summed E-state index contributed by atoms with van der Waals surface area (Å²) >= 11 is 0. The molecule has 1 aromatic carbocycles. The van der Waals surface area contributed by atoms with Crippen LogP contribution in [0.4, 0.5) is 4.79 Å². The Labute approximate surface area is 231 Å². The van der Waals surface area contributed by atoms with E-state index >= 15 is 0 Å². The molecule has 0 bridgehead atoms. The Bertz CT molecular complexity index is 1100. The van der Waals surface area contributed by atoms with E-state index in [4.69, 9.17) is 15.2 Å². The topological polar surface area (TPSA) is 137 Å². The predicted molar refractivity (Wildman–Crippen MR) is 148 cm³/mol. The van der Waals surface area contributed by atoms with Gasteiger partial charge in [0.15, 0.2) is 11.6 Å². The molecule has 2 amide bonds. The number of nitrogens with zero attached hydrogens (tertiary/aromatic N) is 5. The molecule has 1 saturated carbocycles. The Balaban J connectivity index is 1.67. The zero-order valence-corrected chi connectivity index (χ0v) is 23.7. The molecule has 1 aliphatic carbocycles. The SMILES string of the molecule is C=C(C(=O)C(C)(C)N)[C@H](COCC1CCCCC1)c1nnnn1CCOc1ccccc1CNC(=O)N(C)C. The number of amides is 2. The van der Waals surface area contributed by atoms with Crippen molar-refractivity contribution in [3.63, 3.8) is 0 Å². The van der Waals surface area contributed by atoms with Crippen LogP contribution in [0.1, 0.15) is 63.3 Å². The number of carbonyl (C=O) groups excluding carboxylic acids is 2. The van der Waals surface area contributed by atoms with Crippen molar-refractivity contribution in [2.45, 2.75) is 70.5 Å². The number of carbonyl (C=O) groups is 2. The van der Waals surface area contributed by atoms with Gasteiger partial charge in [0.1, 0.15) is 12.4 Å². The maximum atomic E-state index is 13.0. The number of nitrogens with one attached hydrogen (secondary N) is 1. The lowest BCUT2D eigenvalue weighted by Gasteiger charge is -2.26. The van der Waals surface area contributed by atoms with Gasteiger partial charge in [-0.2, -0.15) is 0 Å². The third-order valence-corrected chi connectivity index (χ3v) is 6.90. The van der Waals surface area contributed by atoms with Crippen LogP contribution >= 0.6 is 0 Å². The van der Waals surface area contributed by atoms with Crippen molar-refractivity contribution in [1.82, 2.24) is 30.4 Å². The highest BCUT2D eigenvalue weighted by atomic mass is 16.5. The fourth-order valence-electron chi connectivity index (χ4n) is 4.59. The molecule has 1 fully saturated rings. The summed E-state index contributed by atoms with van der Waals surface area (Å²) in [6, 6.07) is 7.33. The molecular formula is C28H43N7O4. The molecule has 0 spiro atoms. The summed E-state index contributed by atoms with van der Waals surface area (Å²) in [7, 11) is 3.37. The van der Waals surface area contributed by atoms with Gasteiger partial charge in [0, 0.05) is 38.4 Å². The van der Waals surface area contributed by atoms with Crippen molar-refractivity contribution < 1.29 is 19.1 Å². The molecule has 3 N–H and O–H groups in total. The first-order chi connectivity index (χ1) is 18.6. The van der Waals surface area contributed by atoms with Gasteiger partial charge in [-0.1, -0.05) is 44.0 Å². The summed E-state index contributed by atoms with van der Waals surface area (Å²) in [6.07, 6.45) is 6.06. The van der Waals surface area contributed by atoms with Crippen molar-refractivity contribution in [3.8, 4) is 5.75 Å². The second kappa shape index (κ2) is 14.2. The quantitative estimate of drug-likeness (QED) is 0.348. The molecule has 11 nitrogen and oxygen atoms in total. The molecule has 0 radical (unpaired) electrons. The second-order valence-corrected chi connectivity index (χ2v) is 10.9. The number of Topliss-reactive ketones (excluding diaryl/α,β-unsaturated/α-hetero) is 1. The Morgan fingerprint density at radius 3 is 2.64 bits per heavy atom. The van der Waals surface area contributed by atoms with Crippen LogP contribution in [-0.4, -0.2) is 76.4 Å². The van der Waals surface area contributed by atoms with Crippen LogP contribution in [0, 0.1) is 5.92 Å². The Hall–Kier alpha value is -3.31. The van der Waals surface area contributed by atoms with Crippen molar-refractivity contribution in [3.05, 3.63) is 47.8 Å². The fraction of sp³-hybridized carbons (Fsp3) is 0.607. The number of hydrogen-bond acceptors (Lipinski definition) is 8. The zero-order valence-electron chi connectivity index (χ0n) is 23.7. The van der Waals surface area contributed by atoms with E-state index in [1.54, 1.807) is 32.6 Å². The van der Waals surface area contributed by atoms with Gasteiger partial charge in [-0.3, -0.25) is 4.79 Å². The first-order valence-electron chi connectivity index (χ1n) is 13.6. The minimum atomic E-state index is -1.08. The van der Waals surface area contributed by atoms with Gasteiger partial charge in [-0.05, 0) is 49.1 Å². The molecular weight excluding hydrogens is 498 g/mol. The molecule has 0 unspecified atom stereocenters. The van der Waals surface area contributed by atoms with Crippen LogP contribution < -0.4 is 15.8 Å².